The van der Waals surface area contributed by atoms with E-state index in [1.807, 2.05) is 6.92 Å². The average Bonchev–Trinajstić information content (AvgIpc) is 2.38. The molecule has 0 aliphatic carbocycles. The maximum absolute atomic E-state index is 12.1. The number of benzene rings is 1. The van der Waals surface area contributed by atoms with Gasteiger partial charge in [0.15, 0.2) is 0 Å². The summed E-state index contributed by atoms with van der Waals surface area (Å²) in [6.07, 6.45) is 5.13. The molecule has 0 heterocycles. The highest BCUT2D eigenvalue weighted by molar-refractivity contribution is 5.96. The van der Waals surface area contributed by atoms with Crippen LogP contribution < -0.4 is 4.74 Å². The Morgan fingerprint density at radius 3 is 2.47 bits per heavy atom. The number of ether oxygens (including phenoxy) is 1. The van der Waals surface area contributed by atoms with Gasteiger partial charge in [0, 0.05) is 5.56 Å². The molecule has 5 heteroatoms. The Morgan fingerprint density at radius 1 is 1.37 bits per heavy atom. The Balaban J connectivity index is 2.84. The van der Waals surface area contributed by atoms with Crippen molar-refractivity contribution in [2.24, 2.45) is 0 Å². The molecule has 1 aromatic carbocycles. The summed E-state index contributed by atoms with van der Waals surface area (Å²) in [5.41, 5.74) is 0.375. The first-order valence-electron chi connectivity index (χ1n) is 5.75. The van der Waals surface area contributed by atoms with Gasteiger partial charge in [0.05, 0.1) is 13.2 Å². The van der Waals surface area contributed by atoms with Crippen molar-refractivity contribution < 1.29 is 19.4 Å². The molecule has 0 atom stereocenters. The molecule has 1 amide bonds. The third-order valence-corrected chi connectivity index (χ3v) is 2.31. The fourth-order valence-electron chi connectivity index (χ4n) is 1.52. The van der Waals surface area contributed by atoms with E-state index in [0.717, 1.165) is 4.90 Å². The number of nitrogens with zero attached hydrogens (tertiary/aromatic N) is 1. The fraction of sp³-hybridized carbons (Fsp3) is 0.286. The molecule has 0 aliphatic rings. The number of carbonyl (C=O) groups is 2. The Bertz CT molecular complexity index is 487. The van der Waals surface area contributed by atoms with Crippen LogP contribution in [0.3, 0.4) is 0 Å². The van der Waals surface area contributed by atoms with Gasteiger partial charge in [-0.05, 0) is 31.2 Å². The number of carboxylic acids is 1. The molecule has 0 saturated carbocycles. The predicted octanol–water partition coefficient (Wildman–Crippen LogP) is 1.25. The van der Waals surface area contributed by atoms with Crippen LogP contribution in [0.5, 0.6) is 5.75 Å². The first kappa shape index (κ1) is 14.6. The molecule has 19 heavy (non-hydrogen) atoms. The smallest absolute Gasteiger partial charge is 0.323 e. The highest BCUT2D eigenvalue weighted by Crippen LogP contribution is 2.13. The Morgan fingerprint density at radius 2 is 2.00 bits per heavy atom. The summed E-state index contributed by atoms with van der Waals surface area (Å²) in [6, 6.07) is 6.48. The number of terminal acetylenes is 1. The highest BCUT2D eigenvalue weighted by atomic mass is 16.5. The molecule has 0 bridgehead atoms. The van der Waals surface area contributed by atoms with Crippen LogP contribution >= 0.6 is 0 Å². The normalized spacial score (nSPS) is 9.47. The number of aliphatic carboxylic acids is 1. The van der Waals surface area contributed by atoms with Gasteiger partial charge in [0.2, 0.25) is 0 Å². The standard InChI is InChI=1S/C14H15NO4/c1-3-9-15(10-13(16)17)14(18)11-5-7-12(8-6-11)19-4-2/h1,5-8H,4,9-10H2,2H3,(H,16,17). The highest BCUT2D eigenvalue weighted by Gasteiger charge is 2.17. The van der Waals surface area contributed by atoms with Crippen LogP contribution in [0.15, 0.2) is 24.3 Å². The Hall–Kier alpha value is -2.48. The quantitative estimate of drug-likeness (QED) is 0.782. The summed E-state index contributed by atoms with van der Waals surface area (Å²) >= 11 is 0. The molecule has 0 unspecified atom stereocenters. The Labute approximate surface area is 111 Å². The fourth-order valence-corrected chi connectivity index (χ4v) is 1.52. The molecule has 0 aromatic heterocycles. The van der Waals surface area contributed by atoms with Crippen molar-refractivity contribution >= 4 is 11.9 Å². The second kappa shape index (κ2) is 7.07. The van der Waals surface area contributed by atoms with Crippen LogP contribution in [0.25, 0.3) is 0 Å². The van der Waals surface area contributed by atoms with E-state index in [9.17, 15) is 9.59 Å². The van der Waals surface area contributed by atoms with Gasteiger partial charge in [-0.3, -0.25) is 9.59 Å². The summed E-state index contributed by atoms with van der Waals surface area (Å²) < 4.78 is 5.26. The zero-order valence-electron chi connectivity index (χ0n) is 10.6. The van der Waals surface area contributed by atoms with Crippen LogP contribution in [0.4, 0.5) is 0 Å². The lowest BCUT2D eigenvalue weighted by atomic mass is 10.2. The molecule has 5 nitrogen and oxygen atoms in total. The third kappa shape index (κ3) is 4.36. The monoisotopic (exact) mass is 261 g/mol. The summed E-state index contributed by atoms with van der Waals surface area (Å²) in [4.78, 5) is 23.8. The van der Waals surface area contributed by atoms with E-state index >= 15 is 0 Å². The predicted molar refractivity (Wildman–Crippen MR) is 70.0 cm³/mol. The number of rotatable bonds is 6. The zero-order valence-corrected chi connectivity index (χ0v) is 10.6. The maximum Gasteiger partial charge on any atom is 0.323 e. The number of hydrogen-bond donors (Lipinski definition) is 1. The topological polar surface area (TPSA) is 66.8 Å². The molecular weight excluding hydrogens is 246 g/mol. The minimum Gasteiger partial charge on any atom is -0.494 e. The van der Waals surface area contributed by atoms with Crippen LogP contribution in [0, 0.1) is 12.3 Å². The van der Waals surface area contributed by atoms with Crippen molar-refractivity contribution in [2.45, 2.75) is 6.92 Å². The molecule has 1 rings (SSSR count). The molecular formula is C14H15NO4. The van der Waals surface area contributed by atoms with Gasteiger partial charge < -0.3 is 14.7 Å². The van der Waals surface area contributed by atoms with Crippen LogP contribution in [-0.4, -0.2) is 41.6 Å². The van der Waals surface area contributed by atoms with E-state index in [-0.39, 0.29) is 6.54 Å². The van der Waals surface area contributed by atoms with E-state index in [0.29, 0.717) is 17.9 Å². The molecule has 0 fully saturated rings. The van der Waals surface area contributed by atoms with Gasteiger partial charge in [-0.1, -0.05) is 5.92 Å². The molecule has 0 saturated heterocycles. The number of amides is 1. The van der Waals surface area contributed by atoms with Crippen molar-refractivity contribution in [2.75, 3.05) is 19.7 Å². The second-order valence-electron chi connectivity index (χ2n) is 3.72. The van der Waals surface area contributed by atoms with Gasteiger partial charge in [0.25, 0.3) is 5.91 Å². The SMILES string of the molecule is C#CCN(CC(=O)O)C(=O)c1ccc(OCC)cc1. The first-order valence-corrected chi connectivity index (χ1v) is 5.75. The van der Waals surface area contributed by atoms with Gasteiger partial charge in [-0.2, -0.15) is 0 Å². The van der Waals surface area contributed by atoms with Crippen molar-refractivity contribution in [1.29, 1.82) is 0 Å². The van der Waals surface area contributed by atoms with Gasteiger partial charge in [-0.15, -0.1) is 6.42 Å². The van der Waals surface area contributed by atoms with E-state index in [2.05, 4.69) is 5.92 Å². The van der Waals surface area contributed by atoms with Crippen LogP contribution in [0.2, 0.25) is 0 Å². The average molecular weight is 261 g/mol. The molecule has 100 valence electrons. The summed E-state index contributed by atoms with van der Waals surface area (Å²) in [5.74, 6) is 1.41. The number of carbonyl (C=O) groups excluding carboxylic acids is 1. The van der Waals surface area contributed by atoms with Gasteiger partial charge in [0.1, 0.15) is 12.3 Å². The lowest BCUT2D eigenvalue weighted by molar-refractivity contribution is -0.137. The molecule has 1 N–H and O–H groups in total. The van der Waals surface area contributed by atoms with E-state index in [1.54, 1.807) is 24.3 Å². The van der Waals surface area contributed by atoms with E-state index < -0.39 is 18.4 Å². The lowest BCUT2D eigenvalue weighted by Crippen LogP contribution is -2.35. The second-order valence-corrected chi connectivity index (χ2v) is 3.72. The molecule has 0 radical (unpaired) electrons. The van der Waals surface area contributed by atoms with Crippen molar-refractivity contribution in [3.8, 4) is 18.1 Å². The third-order valence-electron chi connectivity index (χ3n) is 2.31. The number of hydrogen-bond acceptors (Lipinski definition) is 3. The van der Waals surface area contributed by atoms with E-state index in [1.165, 1.54) is 0 Å². The molecule has 0 spiro atoms. The van der Waals surface area contributed by atoms with Gasteiger partial charge >= 0.3 is 5.97 Å². The van der Waals surface area contributed by atoms with E-state index in [4.69, 9.17) is 16.3 Å². The lowest BCUT2D eigenvalue weighted by Gasteiger charge is -2.18. The number of carboxylic acid groups (broad SMARTS) is 1. The van der Waals surface area contributed by atoms with Crippen LogP contribution in [-0.2, 0) is 4.79 Å². The summed E-state index contributed by atoms with van der Waals surface area (Å²) in [6.45, 7) is 1.94. The minimum atomic E-state index is -1.10. The van der Waals surface area contributed by atoms with Crippen molar-refractivity contribution in [3.05, 3.63) is 29.8 Å². The maximum atomic E-state index is 12.1. The van der Waals surface area contributed by atoms with Crippen molar-refractivity contribution in [3.63, 3.8) is 0 Å². The summed E-state index contributed by atoms with van der Waals surface area (Å²) in [7, 11) is 0. The zero-order chi connectivity index (χ0) is 14.3. The first-order chi connectivity index (χ1) is 9.08. The molecule has 0 aliphatic heterocycles. The summed E-state index contributed by atoms with van der Waals surface area (Å²) in [5, 5.41) is 8.74. The van der Waals surface area contributed by atoms with Gasteiger partial charge in [-0.25, -0.2) is 0 Å². The van der Waals surface area contributed by atoms with Crippen molar-refractivity contribution in [1.82, 2.24) is 4.90 Å². The van der Waals surface area contributed by atoms with Crippen LogP contribution in [0.1, 0.15) is 17.3 Å². The Kier molecular flexibility index (Phi) is 5.42. The minimum absolute atomic E-state index is 0.0433. The largest absolute Gasteiger partial charge is 0.494 e. The molecule has 1 aromatic rings.